The lowest BCUT2D eigenvalue weighted by atomic mass is 10.3. The van der Waals surface area contributed by atoms with Crippen molar-refractivity contribution in [2.45, 2.75) is 12.8 Å². The molecule has 4 nitrogen and oxygen atoms in total. The van der Waals surface area contributed by atoms with E-state index in [1.165, 1.54) is 6.08 Å². The summed E-state index contributed by atoms with van der Waals surface area (Å²) in [5.74, 6) is 0.924. The van der Waals surface area contributed by atoms with Gasteiger partial charge in [-0.2, -0.15) is 11.3 Å². The average Bonchev–Trinajstić information content (AvgIpc) is 3.12. The standard InChI is InChI=1S/C18H17Cl4NO3S/c19-15-9-14(24-7-3-17(21)22)10-16(20)18(15)25-5-1-2-6-26-23-11-13-4-8-27-12-13/h3-4,8-12H,1-2,5-7H2/b23-11+. The Labute approximate surface area is 182 Å². The molecule has 0 radical (unpaired) electrons. The Morgan fingerprint density at radius 3 is 2.48 bits per heavy atom. The third-order valence-corrected chi connectivity index (χ3v) is 4.73. The molecule has 0 saturated carbocycles. The van der Waals surface area contributed by atoms with Gasteiger partial charge in [-0.3, -0.25) is 0 Å². The van der Waals surface area contributed by atoms with Gasteiger partial charge in [0.1, 0.15) is 23.5 Å². The number of hydrogen-bond donors (Lipinski definition) is 0. The number of ether oxygens (including phenoxy) is 2. The molecule has 0 atom stereocenters. The van der Waals surface area contributed by atoms with Gasteiger partial charge in [0, 0.05) is 17.7 Å². The van der Waals surface area contributed by atoms with Crippen LogP contribution in [0.1, 0.15) is 18.4 Å². The van der Waals surface area contributed by atoms with Gasteiger partial charge in [0.25, 0.3) is 0 Å². The highest BCUT2D eigenvalue weighted by molar-refractivity contribution is 7.08. The second-order valence-corrected chi connectivity index (χ2v) is 7.80. The van der Waals surface area contributed by atoms with Gasteiger partial charge < -0.3 is 14.3 Å². The minimum atomic E-state index is 0.133. The maximum absolute atomic E-state index is 6.21. The molecule has 146 valence electrons. The zero-order chi connectivity index (χ0) is 19.5. The van der Waals surface area contributed by atoms with Crippen molar-refractivity contribution in [1.29, 1.82) is 0 Å². The lowest BCUT2D eigenvalue weighted by molar-refractivity contribution is 0.137. The predicted octanol–water partition coefficient (Wildman–Crippen LogP) is 6.96. The fraction of sp³-hybridized carbons (Fsp3) is 0.278. The second kappa shape index (κ2) is 12.4. The van der Waals surface area contributed by atoms with Gasteiger partial charge >= 0.3 is 0 Å². The van der Waals surface area contributed by atoms with Crippen molar-refractivity contribution in [1.82, 2.24) is 0 Å². The van der Waals surface area contributed by atoms with Gasteiger partial charge in [0.2, 0.25) is 0 Å². The molecule has 27 heavy (non-hydrogen) atoms. The van der Waals surface area contributed by atoms with Crippen molar-refractivity contribution >= 4 is 64.0 Å². The summed E-state index contributed by atoms with van der Waals surface area (Å²) in [6.45, 7) is 1.18. The third kappa shape index (κ3) is 8.62. The number of oxime groups is 1. The summed E-state index contributed by atoms with van der Waals surface area (Å²) in [7, 11) is 0. The van der Waals surface area contributed by atoms with E-state index in [2.05, 4.69) is 5.16 Å². The van der Waals surface area contributed by atoms with Crippen LogP contribution in [0.15, 0.2) is 44.7 Å². The van der Waals surface area contributed by atoms with Crippen LogP contribution >= 0.6 is 57.7 Å². The number of unbranched alkanes of at least 4 members (excludes halogenated alkanes) is 1. The Morgan fingerprint density at radius 2 is 1.81 bits per heavy atom. The van der Waals surface area contributed by atoms with E-state index in [1.807, 2.05) is 16.8 Å². The molecule has 0 aliphatic carbocycles. The lowest BCUT2D eigenvalue weighted by Gasteiger charge is -2.12. The summed E-state index contributed by atoms with van der Waals surface area (Å²) in [6.07, 6.45) is 4.77. The van der Waals surface area contributed by atoms with Crippen molar-refractivity contribution in [3.63, 3.8) is 0 Å². The van der Waals surface area contributed by atoms with Crippen LogP contribution in [0.4, 0.5) is 0 Å². The SMILES string of the molecule is ClC(Cl)=CCOc1cc(Cl)c(OCCCCO/N=C/c2ccsc2)c(Cl)c1. The monoisotopic (exact) mass is 467 g/mol. The molecule has 0 fully saturated rings. The van der Waals surface area contributed by atoms with Crippen LogP contribution in [-0.4, -0.2) is 26.0 Å². The number of benzene rings is 1. The van der Waals surface area contributed by atoms with Crippen LogP contribution in [-0.2, 0) is 4.84 Å². The van der Waals surface area contributed by atoms with Gasteiger partial charge in [0.05, 0.1) is 22.9 Å². The van der Waals surface area contributed by atoms with Gasteiger partial charge in [-0.05, 0) is 35.7 Å². The summed E-state index contributed by atoms with van der Waals surface area (Å²) >= 11 is 25.1. The largest absolute Gasteiger partial charge is 0.490 e. The zero-order valence-electron chi connectivity index (χ0n) is 14.2. The molecule has 0 saturated heterocycles. The molecule has 0 amide bonds. The van der Waals surface area contributed by atoms with Crippen molar-refractivity contribution in [2.75, 3.05) is 19.8 Å². The molecule has 9 heteroatoms. The van der Waals surface area contributed by atoms with E-state index in [1.54, 1.807) is 29.7 Å². The molecular formula is C18H17Cl4NO3S. The molecule has 0 aliphatic heterocycles. The molecule has 0 N–H and O–H groups in total. The van der Waals surface area contributed by atoms with Crippen LogP contribution < -0.4 is 9.47 Å². The highest BCUT2D eigenvalue weighted by Crippen LogP contribution is 2.37. The van der Waals surface area contributed by atoms with Crippen molar-refractivity contribution in [2.24, 2.45) is 5.16 Å². The Kier molecular flexibility index (Phi) is 10.2. The number of hydrogen-bond acceptors (Lipinski definition) is 5. The summed E-state index contributed by atoms with van der Waals surface area (Å²) in [6, 6.07) is 5.22. The summed E-state index contributed by atoms with van der Waals surface area (Å²) in [5, 5.41) is 8.63. The first-order valence-electron chi connectivity index (χ1n) is 7.99. The molecule has 1 aromatic heterocycles. The van der Waals surface area contributed by atoms with E-state index < -0.39 is 0 Å². The van der Waals surface area contributed by atoms with Crippen molar-refractivity contribution in [3.05, 3.63) is 55.1 Å². The lowest BCUT2D eigenvalue weighted by Crippen LogP contribution is -2.01. The molecule has 0 bridgehead atoms. The number of rotatable bonds is 11. The minimum absolute atomic E-state index is 0.133. The third-order valence-electron chi connectivity index (χ3n) is 3.16. The van der Waals surface area contributed by atoms with Crippen LogP contribution in [0.3, 0.4) is 0 Å². The topological polar surface area (TPSA) is 40.0 Å². The Balaban J connectivity index is 1.68. The van der Waals surface area contributed by atoms with Crippen LogP contribution in [0.25, 0.3) is 0 Å². The molecule has 2 aromatic rings. The molecular weight excluding hydrogens is 452 g/mol. The molecule has 0 unspecified atom stereocenters. The first kappa shape index (κ1) is 22.2. The van der Waals surface area contributed by atoms with Gasteiger partial charge in [-0.1, -0.05) is 51.6 Å². The highest BCUT2D eigenvalue weighted by Gasteiger charge is 2.10. The molecule has 0 spiro atoms. The number of thiophene rings is 1. The van der Waals surface area contributed by atoms with Crippen LogP contribution in [0.5, 0.6) is 11.5 Å². The van der Waals surface area contributed by atoms with E-state index in [4.69, 9.17) is 60.7 Å². The van der Waals surface area contributed by atoms with E-state index in [9.17, 15) is 0 Å². The highest BCUT2D eigenvalue weighted by atomic mass is 35.5. The fourth-order valence-corrected chi connectivity index (χ4v) is 3.21. The average molecular weight is 469 g/mol. The second-order valence-electron chi connectivity index (χ2n) is 5.20. The smallest absolute Gasteiger partial charge is 0.156 e. The van der Waals surface area contributed by atoms with Gasteiger partial charge in [-0.15, -0.1) is 0 Å². The summed E-state index contributed by atoms with van der Waals surface area (Å²) < 4.78 is 11.2. The zero-order valence-corrected chi connectivity index (χ0v) is 18.0. The summed E-state index contributed by atoms with van der Waals surface area (Å²) in [4.78, 5) is 5.20. The van der Waals surface area contributed by atoms with Crippen molar-refractivity contribution < 1.29 is 14.3 Å². The maximum atomic E-state index is 6.21. The number of halogens is 4. The minimum Gasteiger partial charge on any atom is -0.490 e. The molecule has 1 aromatic carbocycles. The van der Waals surface area contributed by atoms with E-state index in [0.717, 1.165) is 18.4 Å². The number of nitrogens with zero attached hydrogens (tertiary/aromatic N) is 1. The van der Waals surface area contributed by atoms with E-state index >= 15 is 0 Å². The summed E-state index contributed by atoms with van der Waals surface area (Å²) in [5.41, 5.74) is 1.03. The molecule has 1 heterocycles. The normalized spacial score (nSPS) is 10.8. The first-order chi connectivity index (χ1) is 13.1. The van der Waals surface area contributed by atoms with Gasteiger partial charge in [0.15, 0.2) is 5.75 Å². The predicted molar refractivity (Wildman–Crippen MR) is 114 cm³/mol. The molecule has 0 aliphatic rings. The van der Waals surface area contributed by atoms with E-state index in [0.29, 0.717) is 34.8 Å². The Morgan fingerprint density at radius 1 is 1.07 bits per heavy atom. The Hall–Kier alpha value is -1.11. The fourth-order valence-electron chi connectivity index (χ4n) is 1.90. The van der Waals surface area contributed by atoms with Crippen LogP contribution in [0.2, 0.25) is 10.0 Å². The maximum Gasteiger partial charge on any atom is 0.156 e. The van der Waals surface area contributed by atoms with E-state index in [-0.39, 0.29) is 11.1 Å². The van der Waals surface area contributed by atoms with Gasteiger partial charge in [-0.25, -0.2) is 0 Å². The first-order valence-corrected chi connectivity index (χ1v) is 10.4. The molecule has 2 rings (SSSR count). The van der Waals surface area contributed by atoms with Crippen LogP contribution in [0, 0.1) is 0 Å². The quantitative estimate of drug-likeness (QED) is 0.203. The van der Waals surface area contributed by atoms with Crippen molar-refractivity contribution in [3.8, 4) is 11.5 Å². The Bertz CT molecular complexity index is 739.